The van der Waals surface area contributed by atoms with Gasteiger partial charge in [-0.3, -0.25) is 0 Å². The van der Waals surface area contributed by atoms with Crippen LogP contribution in [0.3, 0.4) is 0 Å². The molecule has 2 saturated carbocycles. The lowest BCUT2D eigenvalue weighted by atomic mass is 10.2. The van der Waals surface area contributed by atoms with Crippen LogP contribution in [0.4, 0.5) is 4.39 Å². The van der Waals surface area contributed by atoms with Gasteiger partial charge in [-0.15, -0.1) is 0 Å². The van der Waals surface area contributed by atoms with Gasteiger partial charge in [0.1, 0.15) is 0 Å². The van der Waals surface area contributed by atoms with Gasteiger partial charge in [-0.05, 0) is 54.0 Å². The molecule has 2 atom stereocenters. The van der Waals surface area contributed by atoms with E-state index in [2.05, 4.69) is 20.7 Å². The Balaban J connectivity index is 1.51. The van der Waals surface area contributed by atoms with Crippen LogP contribution in [-0.2, 0) is 10.0 Å². The smallest absolute Gasteiger partial charge is 0.211 e. The number of hydrogen-bond donors (Lipinski definition) is 1. The van der Waals surface area contributed by atoms with Gasteiger partial charge in [-0.25, -0.2) is 17.5 Å². The van der Waals surface area contributed by atoms with Gasteiger partial charge < -0.3 is 0 Å². The highest BCUT2D eigenvalue weighted by atomic mass is 79.9. The van der Waals surface area contributed by atoms with E-state index in [9.17, 15) is 12.8 Å². The highest BCUT2D eigenvalue weighted by Gasteiger charge is 2.52. The van der Waals surface area contributed by atoms with E-state index in [-0.39, 0.29) is 11.7 Å². The Labute approximate surface area is 111 Å². The topological polar surface area (TPSA) is 46.2 Å². The maximum absolute atomic E-state index is 13.1. The minimum Gasteiger partial charge on any atom is -0.231 e. The summed E-state index contributed by atoms with van der Waals surface area (Å²) >= 11 is 3.01. The molecule has 3 nitrogen and oxygen atoms in total. The molecule has 2 fully saturated rings. The Kier molecular flexibility index (Phi) is 4.15. The van der Waals surface area contributed by atoms with Crippen LogP contribution < -0.4 is 4.72 Å². The largest absolute Gasteiger partial charge is 0.231 e. The number of halogens is 2. The first-order valence-electron chi connectivity index (χ1n) is 6.24. The Bertz CT molecular complexity index is 368. The molecule has 2 aliphatic carbocycles. The van der Waals surface area contributed by atoms with Crippen LogP contribution in [-0.4, -0.2) is 25.3 Å². The Morgan fingerprint density at radius 1 is 1.35 bits per heavy atom. The summed E-state index contributed by atoms with van der Waals surface area (Å²) < 4.78 is 37.6. The van der Waals surface area contributed by atoms with E-state index in [1.54, 1.807) is 0 Å². The lowest BCUT2D eigenvalue weighted by Crippen LogP contribution is -2.28. The fourth-order valence-electron chi connectivity index (χ4n) is 1.98. The van der Waals surface area contributed by atoms with Gasteiger partial charge in [0.25, 0.3) is 0 Å². The molecule has 0 heterocycles. The molecular formula is C11H19BrFNO2S. The number of nitrogens with one attached hydrogen (secondary N) is 1. The van der Waals surface area contributed by atoms with Crippen molar-refractivity contribution in [2.75, 3.05) is 12.3 Å². The van der Waals surface area contributed by atoms with E-state index in [0.29, 0.717) is 18.9 Å². The Hall–Kier alpha value is 0.320. The summed E-state index contributed by atoms with van der Waals surface area (Å²) in [6.07, 6.45) is 5.21. The van der Waals surface area contributed by atoms with Gasteiger partial charge in [-0.1, -0.05) is 6.42 Å². The molecule has 0 radical (unpaired) electrons. The molecule has 2 rings (SSSR count). The van der Waals surface area contributed by atoms with Crippen molar-refractivity contribution in [1.29, 1.82) is 0 Å². The van der Waals surface area contributed by atoms with Crippen LogP contribution in [0.25, 0.3) is 0 Å². The third-order valence-electron chi connectivity index (χ3n) is 3.41. The van der Waals surface area contributed by atoms with Gasteiger partial charge in [0.05, 0.1) is 5.75 Å². The van der Waals surface area contributed by atoms with E-state index in [1.807, 2.05) is 0 Å². The average Bonchev–Trinajstić information content (AvgIpc) is 3.06. The summed E-state index contributed by atoms with van der Waals surface area (Å²) in [5.41, 5.74) is 0. The Morgan fingerprint density at radius 2 is 2.00 bits per heavy atom. The molecule has 6 heteroatoms. The molecule has 0 bridgehead atoms. The van der Waals surface area contributed by atoms with Gasteiger partial charge in [-0.2, -0.15) is 0 Å². The zero-order valence-corrected chi connectivity index (χ0v) is 12.2. The third kappa shape index (κ3) is 4.83. The second kappa shape index (κ2) is 5.13. The molecule has 0 saturated heterocycles. The minimum absolute atomic E-state index is 0.130. The van der Waals surface area contributed by atoms with Crippen LogP contribution in [0.2, 0.25) is 0 Å². The first-order valence-corrected chi connectivity index (χ1v) is 8.69. The number of unbranched alkanes of at least 4 members (excludes halogenated alkanes) is 1. The summed E-state index contributed by atoms with van der Waals surface area (Å²) in [5.74, 6) is 0.801. The van der Waals surface area contributed by atoms with Gasteiger partial charge in [0, 0.05) is 12.5 Å². The summed E-state index contributed by atoms with van der Waals surface area (Å²) in [4.78, 5) is 0. The SMILES string of the molecule is O=S(=O)(CC1CC1)NCCCCC1CC1(F)Br. The number of alkyl halides is 2. The van der Waals surface area contributed by atoms with E-state index in [1.165, 1.54) is 0 Å². The quantitative estimate of drug-likeness (QED) is 0.550. The molecular weight excluding hydrogens is 309 g/mol. The first-order chi connectivity index (χ1) is 7.89. The summed E-state index contributed by atoms with van der Waals surface area (Å²) in [6, 6.07) is 0. The number of rotatable bonds is 8. The summed E-state index contributed by atoms with van der Waals surface area (Å²) in [5, 5.41) is 0. The van der Waals surface area contributed by atoms with Crippen LogP contribution in [0, 0.1) is 11.8 Å². The zero-order chi connectivity index (χ0) is 12.5. The summed E-state index contributed by atoms with van der Waals surface area (Å²) in [7, 11) is -3.06. The minimum atomic E-state index is -3.06. The lowest BCUT2D eigenvalue weighted by molar-refractivity contribution is 0.401. The highest BCUT2D eigenvalue weighted by molar-refractivity contribution is 9.10. The van der Waals surface area contributed by atoms with Crippen LogP contribution in [0.5, 0.6) is 0 Å². The van der Waals surface area contributed by atoms with Gasteiger partial charge >= 0.3 is 0 Å². The third-order valence-corrected chi connectivity index (χ3v) is 5.93. The van der Waals surface area contributed by atoms with Crippen molar-refractivity contribution in [2.24, 2.45) is 11.8 Å². The average molecular weight is 328 g/mol. The molecule has 2 unspecified atom stereocenters. The maximum atomic E-state index is 13.1. The van der Waals surface area contributed by atoms with E-state index >= 15 is 0 Å². The fourth-order valence-corrected chi connectivity index (χ4v) is 4.13. The second-order valence-corrected chi connectivity index (χ2v) is 8.45. The molecule has 0 aromatic carbocycles. The van der Waals surface area contributed by atoms with Gasteiger partial charge in [0.15, 0.2) is 4.58 Å². The Morgan fingerprint density at radius 3 is 2.53 bits per heavy atom. The molecule has 0 aromatic heterocycles. The van der Waals surface area contributed by atoms with Crippen molar-refractivity contribution in [1.82, 2.24) is 4.72 Å². The van der Waals surface area contributed by atoms with E-state index in [0.717, 1.165) is 32.1 Å². The van der Waals surface area contributed by atoms with Crippen molar-refractivity contribution in [3.63, 3.8) is 0 Å². The molecule has 17 heavy (non-hydrogen) atoms. The fraction of sp³-hybridized carbons (Fsp3) is 1.00. The normalized spacial score (nSPS) is 32.7. The van der Waals surface area contributed by atoms with Crippen molar-refractivity contribution >= 4 is 26.0 Å². The molecule has 0 aliphatic heterocycles. The van der Waals surface area contributed by atoms with Crippen molar-refractivity contribution in [2.45, 2.75) is 43.1 Å². The highest BCUT2D eigenvalue weighted by Crippen LogP contribution is 2.54. The number of hydrogen-bond acceptors (Lipinski definition) is 2. The molecule has 2 aliphatic rings. The lowest BCUT2D eigenvalue weighted by Gasteiger charge is -2.05. The second-order valence-electron chi connectivity index (χ2n) is 5.28. The molecule has 100 valence electrons. The molecule has 0 spiro atoms. The summed E-state index contributed by atoms with van der Waals surface area (Å²) in [6.45, 7) is 0.489. The van der Waals surface area contributed by atoms with Crippen molar-refractivity contribution in [3.8, 4) is 0 Å². The zero-order valence-electron chi connectivity index (χ0n) is 9.79. The maximum Gasteiger partial charge on any atom is 0.211 e. The van der Waals surface area contributed by atoms with E-state index < -0.39 is 14.6 Å². The predicted molar refractivity (Wildman–Crippen MR) is 69.2 cm³/mol. The standard InChI is InChI=1S/C11H19BrFNO2S/c12-11(13)7-10(11)3-1-2-6-14-17(15,16)8-9-4-5-9/h9-10,14H,1-8H2. The van der Waals surface area contributed by atoms with Crippen molar-refractivity contribution in [3.05, 3.63) is 0 Å². The molecule has 1 N–H and O–H groups in total. The van der Waals surface area contributed by atoms with Crippen LogP contribution in [0.1, 0.15) is 38.5 Å². The molecule has 0 aromatic rings. The van der Waals surface area contributed by atoms with Crippen molar-refractivity contribution < 1.29 is 12.8 Å². The number of sulfonamides is 1. The molecule has 0 amide bonds. The van der Waals surface area contributed by atoms with Gasteiger partial charge in [0.2, 0.25) is 10.0 Å². The van der Waals surface area contributed by atoms with E-state index in [4.69, 9.17) is 0 Å². The van der Waals surface area contributed by atoms with Crippen LogP contribution >= 0.6 is 15.9 Å². The monoisotopic (exact) mass is 327 g/mol. The first kappa shape index (κ1) is 13.7. The predicted octanol–water partition coefficient (Wildman–Crippen LogP) is 2.57. The van der Waals surface area contributed by atoms with Crippen LogP contribution in [0.15, 0.2) is 0 Å².